The quantitative estimate of drug-likeness (QED) is 0.163. The van der Waals surface area contributed by atoms with Gasteiger partial charge in [0.15, 0.2) is 0 Å². The maximum atomic E-state index is 13.4. The van der Waals surface area contributed by atoms with Crippen molar-refractivity contribution < 1.29 is 49.7 Å². The molecular formula is C22H17F3NO8PS. The van der Waals surface area contributed by atoms with Gasteiger partial charge in [-0.25, -0.2) is 0 Å². The van der Waals surface area contributed by atoms with E-state index >= 15 is 0 Å². The number of benzene rings is 3. The Kier molecular flexibility index (Phi) is 6.38. The van der Waals surface area contributed by atoms with Crippen LogP contribution in [0.15, 0.2) is 66.7 Å². The van der Waals surface area contributed by atoms with Gasteiger partial charge in [-0.1, -0.05) is 24.3 Å². The van der Waals surface area contributed by atoms with Crippen LogP contribution in [0.5, 0.6) is 11.5 Å². The Morgan fingerprint density at radius 3 is 2.19 bits per heavy atom. The number of para-hydroxylation sites is 1. The topological polar surface area (TPSA) is 130 Å². The van der Waals surface area contributed by atoms with E-state index in [-0.39, 0.29) is 22.3 Å². The van der Waals surface area contributed by atoms with E-state index in [2.05, 4.69) is 4.18 Å². The second-order valence-electron chi connectivity index (χ2n) is 7.68. The summed E-state index contributed by atoms with van der Waals surface area (Å²) in [5.74, 6) is -3.18. The van der Waals surface area contributed by atoms with Crippen molar-refractivity contribution in [2.75, 3.05) is 11.9 Å². The lowest BCUT2D eigenvalue weighted by molar-refractivity contribution is -0.135. The first-order valence-electron chi connectivity index (χ1n) is 10.0. The number of anilines is 2. The normalized spacial score (nSPS) is 15.6. The number of halogens is 3. The van der Waals surface area contributed by atoms with Crippen molar-refractivity contribution >= 4 is 40.4 Å². The molecule has 0 fully saturated rings. The molecule has 9 nitrogen and oxygen atoms in total. The highest BCUT2D eigenvalue weighted by atomic mass is 32.2. The van der Waals surface area contributed by atoms with Crippen molar-refractivity contribution in [3.63, 3.8) is 0 Å². The number of carbonyl (C=O) groups is 1. The Labute approximate surface area is 203 Å². The van der Waals surface area contributed by atoms with Crippen molar-refractivity contribution in [2.45, 2.75) is 11.4 Å². The second kappa shape index (κ2) is 8.93. The number of nitrogens with zero attached hydrogens (tertiary/aromatic N) is 1. The van der Waals surface area contributed by atoms with E-state index in [9.17, 15) is 40.7 Å². The molecule has 0 radical (unpaired) electrons. The Morgan fingerprint density at radius 1 is 0.972 bits per heavy atom. The van der Waals surface area contributed by atoms with E-state index in [0.29, 0.717) is 11.3 Å². The maximum Gasteiger partial charge on any atom is 0.534 e. The second-order valence-corrected chi connectivity index (χ2v) is 10.8. The molecule has 2 N–H and O–H groups in total. The van der Waals surface area contributed by atoms with Crippen LogP contribution >= 0.6 is 7.60 Å². The highest BCUT2D eigenvalue weighted by Gasteiger charge is 2.49. The van der Waals surface area contributed by atoms with Crippen molar-refractivity contribution in [3.05, 3.63) is 77.9 Å². The molecular weight excluding hydrogens is 526 g/mol. The van der Waals surface area contributed by atoms with Gasteiger partial charge in [0.1, 0.15) is 17.4 Å². The summed E-state index contributed by atoms with van der Waals surface area (Å²) >= 11 is 0. The number of ether oxygens (including phenoxy) is 1. The first-order chi connectivity index (χ1) is 16.7. The Bertz CT molecular complexity index is 1490. The van der Waals surface area contributed by atoms with E-state index in [1.165, 1.54) is 18.2 Å². The van der Waals surface area contributed by atoms with E-state index in [4.69, 9.17) is 4.74 Å². The van der Waals surface area contributed by atoms with Crippen LogP contribution in [0.2, 0.25) is 0 Å². The zero-order chi connectivity index (χ0) is 26.5. The summed E-state index contributed by atoms with van der Waals surface area (Å²) in [6.07, 6.45) is 0. The third kappa shape index (κ3) is 4.70. The van der Waals surface area contributed by atoms with Gasteiger partial charge in [-0.2, -0.15) is 21.6 Å². The van der Waals surface area contributed by atoms with E-state index in [0.717, 1.165) is 30.3 Å². The highest BCUT2D eigenvalue weighted by Crippen LogP contribution is 2.49. The summed E-state index contributed by atoms with van der Waals surface area (Å²) < 4.78 is 83.9. The smallest absolute Gasteiger partial charge is 0.426 e. The summed E-state index contributed by atoms with van der Waals surface area (Å²) in [4.78, 5) is 33.4. The monoisotopic (exact) mass is 543 g/mol. The average Bonchev–Trinajstić information content (AvgIpc) is 2.78. The molecule has 36 heavy (non-hydrogen) atoms. The summed E-state index contributed by atoms with van der Waals surface area (Å²) in [5, 5.41) is -0.315. The van der Waals surface area contributed by atoms with E-state index in [1.807, 2.05) is 0 Å². The van der Waals surface area contributed by atoms with Crippen LogP contribution in [0.25, 0.3) is 0 Å². The van der Waals surface area contributed by atoms with Gasteiger partial charge in [-0.3, -0.25) is 9.36 Å². The molecule has 0 aromatic heterocycles. The number of alkyl halides is 3. The van der Waals surface area contributed by atoms with Crippen LogP contribution in [0, 0.1) is 0 Å². The molecule has 0 spiro atoms. The molecule has 0 saturated heterocycles. The van der Waals surface area contributed by atoms with Crippen LogP contribution in [-0.2, 0) is 19.5 Å². The van der Waals surface area contributed by atoms with Crippen molar-refractivity contribution in [1.29, 1.82) is 0 Å². The van der Waals surface area contributed by atoms with Crippen molar-refractivity contribution in [1.82, 2.24) is 0 Å². The summed E-state index contributed by atoms with van der Waals surface area (Å²) in [7, 11) is -9.01. The van der Waals surface area contributed by atoms with Gasteiger partial charge in [0, 0.05) is 24.0 Å². The van der Waals surface area contributed by atoms with Crippen molar-refractivity contribution in [2.24, 2.45) is 0 Å². The third-order valence-corrected chi connectivity index (χ3v) is 7.35. The van der Waals surface area contributed by atoms with Gasteiger partial charge in [-0.15, -0.1) is 0 Å². The Balaban J connectivity index is 1.81. The maximum absolute atomic E-state index is 13.4. The molecule has 0 aliphatic carbocycles. The minimum atomic E-state index is -6.05. The molecule has 1 unspecified atom stereocenters. The molecule has 4 rings (SSSR count). The number of esters is 1. The fourth-order valence-electron chi connectivity index (χ4n) is 3.80. The fraction of sp³-hybridized carbons (Fsp3) is 0.136. The summed E-state index contributed by atoms with van der Waals surface area (Å²) in [6.45, 7) is 0. The fourth-order valence-corrected chi connectivity index (χ4v) is 4.82. The predicted octanol–water partition coefficient (Wildman–Crippen LogP) is 3.54. The van der Waals surface area contributed by atoms with Gasteiger partial charge in [-0.05, 0) is 48.0 Å². The number of hydrogen-bond donors (Lipinski definition) is 2. The van der Waals surface area contributed by atoms with E-state index in [1.54, 1.807) is 30.1 Å². The average molecular weight is 543 g/mol. The standard InChI is InChI=1S/C22H17F3NO8PS/c1-26-16-6-3-2-5-15(16)19(21(27)33-13-9-11-14(12-10-13)35(28,29)30)20-17(26)7-4-8-18(20)34-36(31,32)22(23,24)25/h2-12,19H,1H3,(H2,28,29,30). The molecule has 190 valence electrons. The van der Waals surface area contributed by atoms with E-state index < -0.39 is 40.9 Å². The van der Waals surface area contributed by atoms with Crippen LogP contribution < -0.4 is 19.1 Å². The predicted molar refractivity (Wildman–Crippen MR) is 122 cm³/mol. The molecule has 1 atom stereocenters. The minimum Gasteiger partial charge on any atom is -0.426 e. The molecule has 1 aliphatic rings. The molecule has 3 aromatic rings. The van der Waals surface area contributed by atoms with Gasteiger partial charge in [0.2, 0.25) is 0 Å². The zero-order valence-electron chi connectivity index (χ0n) is 18.2. The number of carbonyl (C=O) groups excluding carboxylic acids is 1. The molecule has 14 heteroatoms. The third-order valence-electron chi connectivity index (χ3n) is 5.41. The molecule has 3 aromatic carbocycles. The molecule has 0 saturated carbocycles. The van der Waals surface area contributed by atoms with Gasteiger partial charge < -0.3 is 23.6 Å². The van der Waals surface area contributed by atoms with Gasteiger partial charge >= 0.3 is 29.2 Å². The Hall–Kier alpha value is -3.38. The van der Waals surface area contributed by atoms with Crippen LogP contribution in [0.1, 0.15) is 17.0 Å². The molecule has 0 amide bonds. The first-order valence-corrected chi connectivity index (χ1v) is 13.1. The number of hydrogen-bond acceptors (Lipinski definition) is 7. The van der Waals surface area contributed by atoms with Crippen LogP contribution in [0.3, 0.4) is 0 Å². The molecule has 1 aliphatic heterocycles. The largest absolute Gasteiger partial charge is 0.534 e. The minimum absolute atomic E-state index is 0.100. The zero-order valence-corrected chi connectivity index (χ0v) is 19.9. The Morgan fingerprint density at radius 2 is 1.58 bits per heavy atom. The van der Waals surface area contributed by atoms with Gasteiger partial charge in [0.25, 0.3) is 0 Å². The summed E-state index contributed by atoms with van der Waals surface area (Å²) in [5.41, 5.74) is -4.83. The van der Waals surface area contributed by atoms with Gasteiger partial charge in [0.05, 0.1) is 5.30 Å². The SMILES string of the molecule is CN1c2ccccc2C(C(=O)Oc2ccc(P(=O)(O)O)cc2)c2c(OS(=O)(=O)C(F)(F)F)cccc21. The van der Waals surface area contributed by atoms with Crippen LogP contribution in [-0.4, -0.2) is 36.7 Å². The lowest BCUT2D eigenvalue weighted by Crippen LogP contribution is -2.31. The lowest BCUT2D eigenvalue weighted by Gasteiger charge is -2.35. The highest BCUT2D eigenvalue weighted by molar-refractivity contribution is 7.88. The summed E-state index contributed by atoms with van der Waals surface area (Å²) in [6, 6.07) is 14.6. The van der Waals surface area contributed by atoms with Crippen LogP contribution in [0.4, 0.5) is 24.5 Å². The number of rotatable bonds is 5. The lowest BCUT2D eigenvalue weighted by atomic mass is 9.84. The first kappa shape index (κ1) is 25.7. The number of fused-ring (bicyclic) bond motifs is 2. The molecule has 0 bridgehead atoms. The van der Waals surface area contributed by atoms with Crippen molar-refractivity contribution in [3.8, 4) is 11.5 Å². The molecule has 1 heterocycles.